The Hall–Kier alpha value is -0.940. The topological polar surface area (TPSA) is 40.5 Å². The largest absolute Gasteiger partial charge is 0.392 e. The quantitative estimate of drug-likeness (QED) is 0.916. The zero-order chi connectivity index (χ0) is 14.9. The van der Waals surface area contributed by atoms with Crippen molar-refractivity contribution in [1.29, 1.82) is 0 Å². The van der Waals surface area contributed by atoms with Crippen LogP contribution in [0.15, 0.2) is 16.6 Å². The maximum Gasteiger partial charge on any atom is 0.225 e. The van der Waals surface area contributed by atoms with Gasteiger partial charge in [0.1, 0.15) is 5.82 Å². The molecular formula is C15H19BrFNO2. The number of fused-ring (bicyclic) bond motifs is 1. The molecule has 0 saturated carbocycles. The lowest BCUT2D eigenvalue weighted by Crippen LogP contribution is -2.38. The van der Waals surface area contributed by atoms with Crippen LogP contribution in [-0.4, -0.2) is 28.6 Å². The van der Waals surface area contributed by atoms with Gasteiger partial charge in [-0.1, -0.05) is 29.8 Å². The highest BCUT2D eigenvalue weighted by molar-refractivity contribution is 9.10. The first kappa shape index (κ1) is 15.4. The molecule has 0 spiro atoms. The van der Waals surface area contributed by atoms with Crippen LogP contribution >= 0.6 is 15.9 Å². The van der Waals surface area contributed by atoms with E-state index in [-0.39, 0.29) is 30.6 Å². The van der Waals surface area contributed by atoms with E-state index in [1.165, 1.54) is 6.07 Å². The van der Waals surface area contributed by atoms with Crippen LogP contribution in [0.1, 0.15) is 31.4 Å². The second kappa shape index (κ2) is 6.22. The molecule has 1 N–H and O–H groups in total. The summed E-state index contributed by atoms with van der Waals surface area (Å²) in [6.07, 6.45) is 0.0936. The number of hydrogen-bond donors (Lipinski definition) is 1. The average Bonchev–Trinajstić information content (AvgIpc) is 2.42. The lowest BCUT2D eigenvalue weighted by molar-refractivity contribution is -0.134. The van der Waals surface area contributed by atoms with E-state index < -0.39 is 6.10 Å². The minimum Gasteiger partial charge on any atom is -0.392 e. The second-order valence-electron chi connectivity index (χ2n) is 5.57. The van der Waals surface area contributed by atoms with Crippen LogP contribution in [0.3, 0.4) is 0 Å². The molecule has 1 aromatic carbocycles. The molecule has 0 fully saturated rings. The standard InChI is InChI=1S/C15H19BrFNO2/c1-9(2)14(19)7-15(20)18-6-5-10-11(8-18)13(17)4-3-12(10)16/h3-4,9,14,19H,5-8H2,1-2H3/t14-/m0/s1. The SMILES string of the molecule is CC(C)[C@@H](O)CC(=O)N1CCc2c(Br)ccc(F)c2C1. The Labute approximate surface area is 126 Å². The summed E-state index contributed by atoms with van der Waals surface area (Å²) in [5.74, 6) is -0.344. The van der Waals surface area contributed by atoms with Gasteiger partial charge in [-0.25, -0.2) is 4.39 Å². The van der Waals surface area contributed by atoms with Crippen LogP contribution < -0.4 is 0 Å². The Bertz CT molecular complexity index is 519. The monoisotopic (exact) mass is 343 g/mol. The number of rotatable bonds is 3. The number of aliphatic hydroxyl groups is 1. The minimum absolute atomic E-state index is 0.0434. The van der Waals surface area contributed by atoms with Gasteiger partial charge in [-0.3, -0.25) is 4.79 Å². The van der Waals surface area contributed by atoms with Gasteiger partial charge in [-0.05, 0) is 30.0 Å². The normalized spacial score (nSPS) is 16.2. The summed E-state index contributed by atoms with van der Waals surface area (Å²) >= 11 is 3.42. The van der Waals surface area contributed by atoms with E-state index in [0.717, 1.165) is 10.0 Å². The Morgan fingerprint density at radius 2 is 2.15 bits per heavy atom. The fraction of sp³-hybridized carbons (Fsp3) is 0.533. The Morgan fingerprint density at radius 3 is 2.80 bits per heavy atom. The van der Waals surface area contributed by atoms with Crippen molar-refractivity contribution < 1.29 is 14.3 Å². The summed E-state index contributed by atoms with van der Waals surface area (Å²) in [5.41, 5.74) is 1.52. The first-order chi connectivity index (χ1) is 9.40. The van der Waals surface area contributed by atoms with Crippen molar-refractivity contribution in [3.63, 3.8) is 0 Å². The van der Waals surface area contributed by atoms with Crippen molar-refractivity contribution in [2.24, 2.45) is 5.92 Å². The summed E-state index contributed by atoms with van der Waals surface area (Å²) in [6, 6.07) is 3.12. The highest BCUT2D eigenvalue weighted by Crippen LogP contribution is 2.29. The van der Waals surface area contributed by atoms with Gasteiger partial charge in [0.2, 0.25) is 5.91 Å². The van der Waals surface area contributed by atoms with Crippen molar-refractivity contribution >= 4 is 21.8 Å². The van der Waals surface area contributed by atoms with Crippen LogP contribution in [0.25, 0.3) is 0 Å². The molecule has 0 unspecified atom stereocenters. The molecule has 1 aliphatic rings. The fourth-order valence-electron chi connectivity index (χ4n) is 2.35. The number of carbonyl (C=O) groups is 1. The molecule has 0 aromatic heterocycles. The van der Waals surface area contributed by atoms with Crippen LogP contribution in [0.5, 0.6) is 0 Å². The number of carbonyl (C=O) groups excluding carboxylic acids is 1. The van der Waals surface area contributed by atoms with Crippen molar-refractivity contribution in [3.8, 4) is 0 Å². The third-order valence-electron chi connectivity index (χ3n) is 3.80. The van der Waals surface area contributed by atoms with Gasteiger partial charge in [0.15, 0.2) is 0 Å². The number of aliphatic hydroxyl groups excluding tert-OH is 1. The van der Waals surface area contributed by atoms with Gasteiger partial charge >= 0.3 is 0 Å². The maximum atomic E-state index is 13.9. The molecule has 110 valence electrons. The van der Waals surface area contributed by atoms with E-state index in [9.17, 15) is 14.3 Å². The van der Waals surface area contributed by atoms with Crippen molar-refractivity contribution in [3.05, 3.63) is 33.5 Å². The lowest BCUT2D eigenvalue weighted by atomic mass is 9.98. The number of hydrogen-bond acceptors (Lipinski definition) is 2. The zero-order valence-corrected chi connectivity index (χ0v) is 13.3. The third-order valence-corrected chi connectivity index (χ3v) is 4.55. The molecule has 0 bridgehead atoms. The number of benzene rings is 1. The highest BCUT2D eigenvalue weighted by Gasteiger charge is 2.26. The van der Waals surface area contributed by atoms with Gasteiger partial charge in [0, 0.05) is 23.1 Å². The van der Waals surface area contributed by atoms with Crippen molar-refractivity contribution in [2.75, 3.05) is 6.54 Å². The van der Waals surface area contributed by atoms with Crippen molar-refractivity contribution in [1.82, 2.24) is 4.90 Å². The molecule has 1 aromatic rings. The molecule has 2 rings (SSSR count). The molecule has 1 heterocycles. The third kappa shape index (κ3) is 3.20. The van der Waals surface area contributed by atoms with E-state index in [2.05, 4.69) is 15.9 Å². The first-order valence-corrected chi connectivity index (χ1v) is 7.61. The summed E-state index contributed by atoms with van der Waals surface area (Å²) in [7, 11) is 0. The highest BCUT2D eigenvalue weighted by atomic mass is 79.9. The molecular weight excluding hydrogens is 325 g/mol. The number of amides is 1. The van der Waals surface area contributed by atoms with Gasteiger partial charge in [0.25, 0.3) is 0 Å². The summed E-state index contributed by atoms with van der Waals surface area (Å²) in [5, 5.41) is 9.79. The molecule has 0 aliphatic carbocycles. The van der Waals surface area contributed by atoms with Crippen molar-refractivity contribution in [2.45, 2.75) is 39.3 Å². The smallest absolute Gasteiger partial charge is 0.225 e. The predicted molar refractivity (Wildman–Crippen MR) is 78.7 cm³/mol. The zero-order valence-electron chi connectivity index (χ0n) is 11.7. The summed E-state index contributed by atoms with van der Waals surface area (Å²) < 4.78 is 14.8. The number of halogens is 2. The van der Waals surface area contributed by atoms with Gasteiger partial charge in [-0.2, -0.15) is 0 Å². The van der Waals surface area contributed by atoms with Crippen LogP contribution in [-0.2, 0) is 17.8 Å². The molecule has 1 amide bonds. The first-order valence-electron chi connectivity index (χ1n) is 6.81. The van der Waals surface area contributed by atoms with E-state index in [1.807, 2.05) is 13.8 Å². The van der Waals surface area contributed by atoms with Crippen LogP contribution in [0.2, 0.25) is 0 Å². The molecule has 1 aliphatic heterocycles. The van der Waals surface area contributed by atoms with Gasteiger partial charge in [-0.15, -0.1) is 0 Å². The lowest BCUT2D eigenvalue weighted by Gasteiger charge is -2.30. The Kier molecular flexibility index (Phi) is 4.81. The molecule has 20 heavy (non-hydrogen) atoms. The Balaban J connectivity index is 2.11. The van der Waals surface area contributed by atoms with Crippen LogP contribution in [0, 0.1) is 11.7 Å². The minimum atomic E-state index is -0.642. The maximum absolute atomic E-state index is 13.9. The molecule has 3 nitrogen and oxygen atoms in total. The van der Waals surface area contributed by atoms with Crippen LogP contribution in [0.4, 0.5) is 4.39 Å². The summed E-state index contributed by atoms with van der Waals surface area (Å²) in [6.45, 7) is 4.60. The molecule has 1 atom stereocenters. The Morgan fingerprint density at radius 1 is 1.45 bits per heavy atom. The second-order valence-corrected chi connectivity index (χ2v) is 6.42. The molecule has 0 saturated heterocycles. The average molecular weight is 344 g/mol. The predicted octanol–water partition coefficient (Wildman–Crippen LogP) is 2.88. The van der Waals surface area contributed by atoms with E-state index in [4.69, 9.17) is 0 Å². The molecule has 0 radical (unpaired) electrons. The van der Waals surface area contributed by atoms with Gasteiger partial charge in [0.05, 0.1) is 12.5 Å². The van der Waals surface area contributed by atoms with E-state index in [0.29, 0.717) is 18.5 Å². The summed E-state index contributed by atoms with van der Waals surface area (Å²) in [4.78, 5) is 13.8. The van der Waals surface area contributed by atoms with E-state index >= 15 is 0 Å². The molecule has 5 heteroatoms. The number of nitrogens with zero attached hydrogens (tertiary/aromatic N) is 1. The van der Waals surface area contributed by atoms with Gasteiger partial charge < -0.3 is 10.0 Å². The fourth-order valence-corrected chi connectivity index (χ4v) is 2.92. The van der Waals surface area contributed by atoms with E-state index in [1.54, 1.807) is 11.0 Å².